The Balaban J connectivity index is 2.53. The van der Waals surface area contributed by atoms with E-state index in [1.807, 2.05) is 0 Å². The predicted octanol–water partition coefficient (Wildman–Crippen LogP) is 0.891. The fourth-order valence-corrected chi connectivity index (χ4v) is 2.25. The molecule has 0 aliphatic heterocycles. The van der Waals surface area contributed by atoms with Crippen LogP contribution in [0.25, 0.3) is 22.1 Å². The Morgan fingerprint density at radius 1 is 1.05 bits per heavy atom. The summed E-state index contributed by atoms with van der Waals surface area (Å²) < 4.78 is 5.88. The van der Waals surface area contributed by atoms with Crippen LogP contribution in [0.2, 0.25) is 0 Å². The summed E-state index contributed by atoms with van der Waals surface area (Å²) >= 11 is 0. The molecule has 0 aliphatic rings. The van der Waals surface area contributed by atoms with Crippen molar-refractivity contribution in [2.24, 2.45) is 0 Å². The van der Waals surface area contributed by atoms with Gasteiger partial charge in [-0.3, -0.25) is 4.79 Å². The van der Waals surface area contributed by atoms with Crippen LogP contribution in [0.3, 0.4) is 0 Å². The highest BCUT2D eigenvalue weighted by molar-refractivity contribution is 5.85. The minimum Gasteiger partial charge on any atom is -0.617 e. The summed E-state index contributed by atoms with van der Waals surface area (Å²) in [4.78, 5) is 11.1. The van der Waals surface area contributed by atoms with E-state index in [0.717, 1.165) is 0 Å². The van der Waals surface area contributed by atoms with Crippen LogP contribution in [-0.2, 0) is 4.79 Å². The lowest BCUT2D eigenvalue weighted by Crippen LogP contribution is -2.39. The predicted molar refractivity (Wildman–Crippen MR) is 72.3 cm³/mol. The number of hydrogen-bond donors (Lipinski definition) is 1. The molecular weight excluding hydrogens is 276 g/mol. The average Bonchev–Trinajstić information content (AvgIpc) is 2.44. The number of hydrogen-bond acceptors (Lipinski definition) is 5. The number of esters is 1. The van der Waals surface area contributed by atoms with Gasteiger partial charge in [0, 0.05) is 19.1 Å². The van der Waals surface area contributed by atoms with Crippen LogP contribution in [0.1, 0.15) is 6.92 Å². The van der Waals surface area contributed by atoms with Gasteiger partial charge in [-0.15, -0.1) is 0 Å². The summed E-state index contributed by atoms with van der Waals surface area (Å²) in [6.45, 7) is 1.20. The molecule has 0 aliphatic carbocycles. The number of carbonyl (C=O) groups excluding carboxylic acids is 1. The number of fused-ring (bicyclic) bond motifs is 2. The average molecular weight is 286 g/mol. The van der Waals surface area contributed by atoms with Crippen molar-refractivity contribution < 1.29 is 24.1 Å². The minimum atomic E-state index is -0.601. The first-order chi connectivity index (χ1) is 10.0. The zero-order valence-electron chi connectivity index (χ0n) is 10.9. The van der Waals surface area contributed by atoms with E-state index in [-0.39, 0.29) is 33.6 Å². The molecule has 0 radical (unpaired) electrons. The zero-order valence-corrected chi connectivity index (χ0v) is 10.9. The second kappa shape index (κ2) is 4.48. The molecule has 7 heteroatoms. The molecule has 106 valence electrons. The van der Waals surface area contributed by atoms with Gasteiger partial charge >= 0.3 is 17.0 Å². The Morgan fingerprint density at radius 2 is 1.62 bits per heavy atom. The fraction of sp³-hybridized carbons (Fsp3) is 0.0714. The molecule has 3 rings (SSSR count). The summed E-state index contributed by atoms with van der Waals surface area (Å²) in [5.74, 6) is -0.910. The summed E-state index contributed by atoms with van der Waals surface area (Å²) in [5, 5.41) is 34.6. The number of aromatic hydroxyl groups is 1. The Morgan fingerprint density at radius 3 is 2.29 bits per heavy atom. The Labute approximate surface area is 118 Å². The molecule has 0 amide bonds. The molecule has 2 aromatic carbocycles. The van der Waals surface area contributed by atoms with E-state index >= 15 is 0 Å². The maximum absolute atomic E-state index is 12.5. The normalized spacial score (nSPS) is 10.9. The topological polar surface area (TPSA) is 100 Å². The Hall–Kier alpha value is -3.09. The van der Waals surface area contributed by atoms with Crippen LogP contribution in [0.5, 0.6) is 11.5 Å². The van der Waals surface area contributed by atoms with Crippen molar-refractivity contribution in [2.45, 2.75) is 6.92 Å². The second-order valence-electron chi connectivity index (χ2n) is 4.45. The van der Waals surface area contributed by atoms with Crippen molar-refractivity contribution in [3.63, 3.8) is 0 Å². The van der Waals surface area contributed by atoms with E-state index in [1.54, 1.807) is 0 Å². The van der Waals surface area contributed by atoms with Crippen LogP contribution in [0.15, 0.2) is 36.4 Å². The van der Waals surface area contributed by atoms with Crippen LogP contribution in [0.4, 0.5) is 0 Å². The zero-order chi connectivity index (χ0) is 15.1. The molecule has 21 heavy (non-hydrogen) atoms. The highest BCUT2D eigenvalue weighted by Crippen LogP contribution is 2.25. The maximum atomic E-state index is 12.5. The molecule has 0 bridgehead atoms. The summed E-state index contributed by atoms with van der Waals surface area (Å²) in [5.41, 5.74) is -0.226. The number of aromatic nitrogens is 2. The lowest BCUT2D eigenvalue weighted by atomic mass is 10.2. The minimum absolute atomic E-state index is 0.00208. The van der Waals surface area contributed by atoms with Crippen LogP contribution < -0.4 is 14.2 Å². The van der Waals surface area contributed by atoms with E-state index in [0.29, 0.717) is 9.46 Å². The molecule has 0 saturated carbocycles. The van der Waals surface area contributed by atoms with Crippen molar-refractivity contribution in [1.82, 2.24) is 0 Å². The molecular formula is C14H10N2O5. The van der Waals surface area contributed by atoms with Gasteiger partial charge in [0.2, 0.25) is 5.75 Å². The maximum Gasteiger partial charge on any atom is 0.333 e. The van der Waals surface area contributed by atoms with Crippen molar-refractivity contribution in [2.75, 3.05) is 0 Å². The van der Waals surface area contributed by atoms with Gasteiger partial charge in [-0.1, -0.05) is 12.1 Å². The Kier molecular flexibility index (Phi) is 2.76. The standard InChI is InChI=1S/C14H10N2O5/c1-8(17)21-12-7-3-5-10-14(12)16(20)9-4-2-6-11(18)13(9)15(10)19/h2-7,18H,1H3. The molecule has 1 aromatic heterocycles. The van der Waals surface area contributed by atoms with Crippen LogP contribution in [0, 0.1) is 10.4 Å². The first kappa shape index (κ1) is 12.9. The second-order valence-corrected chi connectivity index (χ2v) is 4.45. The summed E-state index contributed by atoms with van der Waals surface area (Å²) in [7, 11) is 0. The smallest absolute Gasteiger partial charge is 0.333 e. The third-order valence-electron chi connectivity index (χ3n) is 3.07. The van der Waals surface area contributed by atoms with Crippen molar-refractivity contribution >= 4 is 28.0 Å². The monoisotopic (exact) mass is 286 g/mol. The van der Waals surface area contributed by atoms with Crippen LogP contribution in [-0.4, -0.2) is 11.1 Å². The quantitative estimate of drug-likeness (QED) is 0.235. The lowest BCUT2D eigenvalue weighted by Gasteiger charge is -2.10. The van der Waals surface area contributed by atoms with E-state index in [9.17, 15) is 20.3 Å². The van der Waals surface area contributed by atoms with E-state index < -0.39 is 5.97 Å². The Bertz CT molecular complexity index is 892. The number of para-hydroxylation sites is 2. The molecule has 1 N–H and O–H groups in total. The molecule has 3 aromatic rings. The molecule has 7 nitrogen and oxygen atoms in total. The third-order valence-corrected chi connectivity index (χ3v) is 3.07. The van der Waals surface area contributed by atoms with E-state index in [4.69, 9.17) is 4.74 Å². The van der Waals surface area contributed by atoms with Gasteiger partial charge < -0.3 is 20.3 Å². The molecule has 0 saturated heterocycles. The molecule has 0 unspecified atom stereocenters. The van der Waals surface area contributed by atoms with Gasteiger partial charge in [0.15, 0.2) is 5.75 Å². The van der Waals surface area contributed by atoms with Gasteiger partial charge in [-0.2, -0.15) is 9.46 Å². The number of carbonyl (C=O) groups is 1. The summed E-state index contributed by atoms with van der Waals surface area (Å²) in [6.07, 6.45) is 0. The van der Waals surface area contributed by atoms with Gasteiger partial charge in [0.1, 0.15) is 0 Å². The van der Waals surface area contributed by atoms with Crippen molar-refractivity contribution in [1.29, 1.82) is 0 Å². The van der Waals surface area contributed by atoms with Gasteiger partial charge in [-0.25, -0.2) is 0 Å². The van der Waals surface area contributed by atoms with Crippen LogP contribution >= 0.6 is 0 Å². The number of nitrogens with zero attached hydrogens (tertiary/aromatic N) is 2. The number of ether oxygens (including phenoxy) is 1. The molecule has 0 fully saturated rings. The van der Waals surface area contributed by atoms with E-state index in [2.05, 4.69) is 0 Å². The molecule has 0 atom stereocenters. The highest BCUT2D eigenvalue weighted by Gasteiger charge is 2.27. The van der Waals surface area contributed by atoms with Gasteiger partial charge in [0.25, 0.3) is 11.0 Å². The van der Waals surface area contributed by atoms with Gasteiger partial charge in [-0.05, 0) is 12.1 Å². The highest BCUT2D eigenvalue weighted by atomic mass is 16.5. The molecule has 0 spiro atoms. The number of phenols is 1. The SMILES string of the molecule is CC(=O)Oc1cccc2c1[n+]([O-])c1cccc(O)c1[n+]2[O-]. The first-order valence-electron chi connectivity index (χ1n) is 6.08. The largest absolute Gasteiger partial charge is 0.617 e. The van der Waals surface area contributed by atoms with Crippen molar-refractivity contribution in [3.8, 4) is 11.5 Å². The number of benzene rings is 2. The number of phenolic OH excluding ortho intramolecular Hbond substituents is 1. The van der Waals surface area contributed by atoms with E-state index in [1.165, 1.54) is 43.3 Å². The van der Waals surface area contributed by atoms with Gasteiger partial charge in [0.05, 0.1) is 0 Å². The third kappa shape index (κ3) is 1.86. The number of rotatable bonds is 1. The summed E-state index contributed by atoms with van der Waals surface area (Å²) in [6, 6.07) is 8.49. The van der Waals surface area contributed by atoms with Crippen molar-refractivity contribution in [3.05, 3.63) is 46.8 Å². The lowest BCUT2D eigenvalue weighted by molar-refractivity contribution is -0.591. The molecule has 1 heterocycles. The fourth-order valence-electron chi connectivity index (χ4n) is 2.25. The first-order valence-corrected chi connectivity index (χ1v) is 6.08.